The first-order valence-corrected chi connectivity index (χ1v) is 8.26. The smallest absolute Gasteiger partial charge is 0.168 e. The summed E-state index contributed by atoms with van der Waals surface area (Å²) in [6, 6.07) is 17.3. The summed E-state index contributed by atoms with van der Waals surface area (Å²) in [6.07, 6.45) is -3.21. The average Bonchev–Trinajstić information content (AvgIpc) is 2.48. The van der Waals surface area contributed by atoms with E-state index in [0.29, 0.717) is 9.79 Å². The van der Waals surface area contributed by atoms with Crippen LogP contribution in [0.1, 0.15) is 6.42 Å². The average molecular weight is 340 g/mol. The molecule has 22 heavy (non-hydrogen) atoms. The Labute approximate surface area is 136 Å². The first-order chi connectivity index (χ1) is 10.5. The third-order valence-corrected chi connectivity index (χ3v) is 5.87. The lowest BCUT2D eigenvalue weighted by molar-refractivity contribution is -0.136. The number of halogens is 3. The molecule has 2 aromatic carbocycles. The SMILES string of the molecule is C=CCC(Sc1ccccc1)(Sc1ccccc1)C(F)(F)F. The number of thioether (sulfide) groups is 2. The predicted molar refractivity (Wildman–Crippen MR) is 88.2 cm³/mol. The molecule has 0 aliphatic heterocycles. The number of hydrogen-bond acceptors (Lipinski definition) is 2. The standard InChI is InChI=1S/C17H15F3S2/c1-2-13-16(17(18,19)20,21-14-9-5-3-6-10-14)22-15-11-7-4-8-12-15/h2-12H,1,13H2. The zero-order valence-electron chi connectivity index (χ0n) is 11.7. The Hall–Kier alpha value is -1.33. The molecule has 2 aromatic rings. The molecular weight excluding hydrogens is 325 g/mol. The first-order valence-electron chi connectivity index (χ1n) is 6.62. The largest absolute Gasteiger partial charge is 0.413 e. The van der Waals surface area contributed by atoms with Crippen molar-refractivity contribution >= 4 is 23.5 Å². The van der Waals surface area contributed by atoms with Crippen molar-refractivity contribution in [3.63, 3.8) is 0 Å². The number of benzene rings is 2. The molecule has 0 saturated carbocycles. The van der Waals surface area contributed by atoms with Gasteiger partial charge in [0.1, 0.15) is 0 Å². The normalized spacial score (nSPS) is 12.1. The summed E-state index contributed by atoms with van der Waals surface area (Å²) in [7, 11) is 0. The second kappa shape index (κ2) is 7.29. The molecule has 0 aliphatic carbocycles. The summed E-state index contributed by atoms with van der Waals surface area (Å²) >= 11 is 1.66. The van der Waals surface area contributed by atoms with E-state index in [1.807, 2.05) is 0 Å². The summed E-state index contributed by atoms with van der Waals surface area (Å²) in [5.74, 6) is 0. The summed E-state index contributed by atoms with van der Waals surface area (Å²) in [6.45, 7) is 3.52. The topological polar surface area (TPSA) is 0 Å². The lowest BCUT2D eigenvalue weighted by Gasteiger charge is -2.33. The fourth-order valence-corrected chi connectivity index (χ4v) is 4.61. The molecule has 2 rings (SSSR count). The molecule has 0 amide bonds. The van der Waals surface area contributed by atoms with Crippen molar-refractivity contribution in [2.75, 3.05) is 0 Å². The Kier molecular flexibility index (Phi) is 5.64. The van der Waals surface area contributed by atoms with Crippen LogP contribution in [-0.4, -0.2) is 10.3 Å². The van der Waals surface area contributed by atoms with Crippen LogP contribution >= 0.6 is 23.5 Å². The monoisotopic (exact) mass is 340 g/mol. The van der Waals surface area contributed by atoms with Crippen LogP contribution in [0.15, 0.2) is 83.1 Å². The van der Waals surface area contributed by atoms with Crippen LogP contribution < -0.4 is 0 Å². The van der Waals surface area contributed by atoms with Gasteiger partial charge in [0.2, 0.25) is 0 Å². The van der Waals surface area contributed by atoms with E-state index in [9.17, 15) is 13.2 Å². The van der Waals surface area contributed by atoms with Crippen molar-refractivity contribution in [1.29, 1.82) is 0 Å². The van der Waals surface area contributed by atoms with E-state index in [1.54, 1.807) is 60.7 Å². The van der Waals surface area contributed by atoms with Gasteiger partial charge in [0, 0.05) is 9.79 Å². The Morgan fingerprint density at radius 3 is 1.55 bits per heavy atom. The number of allylic oxidation sites excluding steroid dienone is 1. The van der Waals surface area contributed by atoms with Crippen molar-refractivity contribution in [3.8, 4) is 0 Å². The molecule has 0 radical (unpaired) electrons. The molecule has 0 aromatic heterocycles. The fraction of sp³-hybridized carbons (Fsp3) is 0.176. The van der Waals surface area contributed by atoms with E-state index >= 15 is 0 Å². The van der Waals surface area contributed by atoms with E-state index < -0.39 is 10.3 Å². The van der Waals surface area contributed by atoms with Crippen molar-refractivity contribution in [1.82, 2.24) is 0 Å². The van der Waals surface area contributed by atoms with Crippen LogP contribution in [0.25, 0.3) is 0 Å². The minimum Gasteiger partial charge on any atom is -0.168 e. The van der Waals surface area contributed by atoms with E-state index in [2.05, 4.69) is 6.58 Å². The lowest BCUT2D eigenvalue weighted by Crippen LogP contribution is -2.38. The van der Waals surface area contributed by atoms with Gasteiger partial charge in [-0.1, -0.05) is 66.0 Å². The van der Waals surface area contributed by atoms with Crippen LogP contribution in [0.2, 0.25) is 0 Å². The zero-order valence-corrected chi connectivity index (χ0v) is 13.3. The molecule has 0 nitrogen and oxygen atoms in total. The molecule has 116 valence electrons. The van der Waals surface area contributed by atoms with Gasteiger partial charge in [-0.25, -0.2) is 0 Å². The maximum absolute atomic E-state index is 13.8. The van der Waals surface area contributed by atoms with Gasteiger partial charge in [-0.3, -0.25) is 0 Å². The molecule has 0 unspecified atom stereocenters. The molecule has 0 fully saturated rings. The highest BCUT2D eigenvalue weighted by atomic mass is 32.2. The van der Waals surface area contributed by atoms with Gasteiger partial charge < -0.3 is 0 Å². The van der Waals surface area contributed by atoms with Crippen molar-refractivity contribution in [3.05, 3.63) is 73.3 Å². The van der Waals surface area contributed by atoms with Crippen molar-refractivity contribution in [2.45, 2.75) is 26.5 Å². The van der Waals surface area contributed by atoms with E-state index in [0.717, 1.165) is 23.5 Å². The maximum Gasteiger partial charge on any atom is 0.413 e. The highest BCUT2D eigenvalue weighted by molar-refractivity contribution is 8.18. The molecule has 0 aliphatic rings. The van der Waals surface area contributed by atoms with Gasteiger partial charge in [0.15, 0.2) is 4.08 Å². The van der Waals surface area contributed by atoms with Gasteiger partial charge in [-0.05, 0) is 30.7 Å². The maximum atomic E-state index is 13.8. The molecule has 0 bridgehead atoms. The Morgan fingerprint density at radius 2 is 1.23 bits per heavy atom. The van der Waals surface area contributed by atoms with Gasteiger partial charge in [0.05, 0.1) is 0 Å². The highest BCUT2D eigenvalue weighted by Gasteiger charge is 2.55. The summed E-state index contributed by atoms with van der Waals surface area (Å²) in [5.41, 5.74) is 0. The predicted octanol–water partition coefficient (Wildman–Crippen LogP) is 6.41. The van der Waals surface area contributed by atoms with E-state index in [-0.39, 0.29) is 6.42 Å². The highest BCUT2D eigenvalue weighted by Crippen LogP contribution is 2.57. The molecule has 0 spiro atoms. The Balaban J connectivity index is 2.39. The molecule has 5 heteroatoms. The fourth-order valence-electron chi connectivity index (χ4n) is 1.88. The third-order valence-electron chi connectivity index (χ3n) is 2.90. The zero-order chi connectivity index (χ0) is 16.1. The van der Waals surface area contributed by atoms with E-state index in [1.165, 1.54) is 6.08 Å². The molecule has 0 N–H and O–H groups in total. The number of rotatable bonds is 6. The second-order valence-corrected chi connectivity index (χ2v) is 7.58. The quantitative estimate of drug-likeness (QED) is 0.339. The Morgan fingerprint density at radius 1 is 0.818 bits per heavy atom. The molecule has 0 atom stereocenters. The number of alkyl halides is 3. The van der Waals surface area contributed by atoms with Crippen LogP contribution in [0, 0.1) is 0 Å². The summed E-state index contributed by atoms with van der Waals surface area (Å²) in [5, 5.41) is 0. The molecule has 0 heterocycles. The lowest BCUT2D eigenvalue weighted by atomic mass is 10.3. The minimum atomic E-state index is -4.37. The van der Waals surface area contributed by atoms with Gasteiger partial charge in [0.25, 0.3) is 0 Å². The molecular formula is C17H15F3S2. The van der Waals surface area contributed by atoms with Gasteiger partial charge in [-0.15, -0.1) is 6.58 Å². The van der Waals surface area contributed by atoms with Crippen molar-refractivity contribution in [2.24, 2.45) is 0 Å². The molecule has 0 saturated heterocycles. The van der Waals surface area contributed by atoms with Crippen LogP contribution in [0.5, 0.6) is 0 Å². The van der Waals surface area contributed by atoms with Crippen molar-refractivity contribution < 1.29 is 13.2 Å². The van der Waals surface area contributed by atoms with Gasteiger partial charge >= 0.3 is 6.18 Å². The Bertz CT molecular complexity index is 553. The van der Waals surface area contributed by atoms with E-state index in [4.69, 9.17) is 0 Å². The third kappa shape index (κ3) is 4.11. The van der Waals surface area contributed by atoms with Gasteiger partial charge in [-0.2, -0.15) is 13.2 Å². The van der Waals surface area contributed by atoms with Crippen LogP contribution in [-0.2, 0) is 0 Å². The summed E-state index contributed by atoms with van der Waals surface area (Å²) < 4.78 is 39.5. The summed E-state index contributed by atoms with van der Waals surface area (Å²) in [4.78, 5) is 1.18. The second-order valence-electron chi connectivity index (χ2n) is 4.57. The number of hydrogen-bond donors (Lipinski definition) is 0. The van der Waals surface area contributed by atoms with Crippen LogP contribution in [0.3, 0.4) is 0 Å². The minimum absolute atomic E-state index is 0.171. The van der Waals surface area contributed by atoms with Crippen LogP contribution in [0.4, 0.5) is 13.2 Å². The first kappa shape index (κ1) is 17.0.